The molecule has 0 bridgehead atoms. The van der Waals surface area contributed by atoms with Crippen molar-refractivity contribution in [2.24, 2.45) is 5.92 Å². The average Bonchev–Trinajstić information content (AvgIpc) is 2.93. The van der Waals surface area contributed by atoms with Crippen LogP contribution in [0.4, 0.5) is 0 Å². The molecule has 1 aromatic carbocycles. The summed E-state index contributed by atoms with van der Waals surface area (Å²) in [5, 5.41) is 11.7. The molecule has 0 aliphatic heterocycles. The van der Waals surface area contributed by atoms with Crippen LogP contribution < -0.4 is 5.32 Å². The van der Waals surface area contributed by atoms with Gasteiger partial charge in [0.15, 0.2) is 5.69 Å². The Hall–Kier alpha value is -2.63. The van der Waals surface area contributed by atoms with E-state index in [1.807, 2.05) is 37.3 Å². The number of hydrogen-bond donors (Lipinski definition) is 2. The van der Waals surface area contributed by atoms with Crippen molar-refractivity contribution >= 4 is 11.9 Å². The molecule has 1 amide bonds. The summed E-state index contributed by atoms with van der Waals surface area (Å²) < 4.78 is 5.54. The highest BCUT2D eigenvalue weighted by Crippen LogP contribution is 2.21. The van der Waals surface area contributed by atoms with Gasteiger partial charge in [-0.2, -0.15) is 0 Å². The van der Waals surface area contributed by atoms with Gasteiger partial charge in [-0.25, -0.2) is 4.98 Å². The summed E-state index contributed by atoms with van der Waals surface area (Å²) in [4.78, 5) is 27.5. The minimum Gasteiger partial charge on any atom is -0.481 e. The number of carboxylic acids is 1. The number of hydrogen-bond acceptors (Lipinski definition) is 4. The van der Waals surface area contributed by atoms with E-state index in [9.17, 15) is 9.59 Å². The maximum absolute atomic E-state index is 12.2. The highest BCUT2D eigenvalue weighted by Gasteiger charge is 2.21. The molecule has 1 aromatic heterocycles. The molecule has 6 nitrogen and oxygen atoms in total. The summed E-state index contributed by atoms with van der Waals surface area (Å²) in [6, 6.07) is 9.28. The number of nitrogens with one attached hydrogen (secondary N) is 1. The maximum atomic E-state index is 12.2. The van der Waals surface area contributed by atoms with Gasteiger partial charge in [-0.05, 0) is 25.5 Å². The van der Waals surface area contributed by atoms with Crippen LogP contribution in [-0.4, -0.2) is 28.5 Å². The molecule has 6 heteroatoms. The first-order valence-corrected chi connectivity index (χ1v) is 7.56. The number of benzene rings is 1. The summed E-state index contributed by atoms with van der Waals surface area (Å²) in [7, 11) is 0. The van der Waals surface area contributed by atoms with Crippen molar-refractivity contribution in [3.8, 4) is 11.5 Å². The van der Waals surface area contributed by atoms with Gasteiger partial charge in [0, 0.05) is 12.1 Å². The smallest absolute Gasteiger partial charge is 0.308 e. The number of aryl methyl sites for hydroxylation is 1. The Morgan fingerprint density at radius 3 is 2.61 bits per heavy atom. The first kappa shape index (κ1) is 16.7. The van der Waals surface area contributed by atoms with Crippen molar-refractivity contribution in [2.75, 3.05) is 6.54 Å². The number of carbonyl (C=O) groups is 2. The van der Waals surface area contributed by atoms with E-state index in [4.69, 9.17) is 9.52 Å². The molecule has 0 aliphatic rings. The van der Waals surface area contributed by atoms with Crippen molar-refractivity contribution in [3.63, 3.8) is 0 Å². The second-order valence-electron chi connectivity index (χ2n) is 5.32. The lowest BCUT2D eigenvalue weighted by Crippen LogP contribution is -2.33. The van der Waals surface area contributed by atoms with Crippen LogP contribution in [0, 0.1) is 12.8 Å². The molecule has 2 N–H and O–H groups in total. The molecule has 0 radical (unpaired) electrons. The maximum Gasteiger partial charge on any atom is 0.308 e. The number of oxazole rings is 1. The summed E-state index contributed by atoms with van der Waals surface area (Å²) in [6.07, 6.45) is 1.26. The Morgan fingerprint density at radius 2 is 2.00 bits per heavy atom. The van der Waals surface area contributed by atoms with E-state index in [1.54, 1.807) is 6.92 Å². The average molecular weight is 316 g/mol. The highest BCUT2D eigenvalue weighted by molar-refractivity contribution is 5.93. The van der Waals surface area contributed by atoms with Gasteiger partial charge in [-0.15, -0.1) is 0 Å². The van der Waals surface area contributed by atoms with Gasteiger partial charge in [-0.3, -0.25) is 9.59 Å². The van der Waals surface area contributed by atoms with E-state index in [0.717, 1.165) is 12.0 Å². The lowest BCUT2D eigenvalue weighted by atomic mass is 10.0. The van der Waals surface area contributed by atoms with Gasteiger partial charge < -0.3 is 14.8 Å². The standard InChI is InChI=1S/C17H20N2O4/c1-3-7-13(17(21)22)10-18-15(20)14-11(2)23-16(19-14)12-8-5-4-6-9-12/h4-6,8-9,13H,3,7,10H2,1-2H3,(H,18,20)(H,21,22). The fourth-order valence-electron chi connectivity index (χ4n) is 2.27. The highest BCUT2D eigenvalue weighted by atomic mass is 16.4. The monoisotopic (exact) mass is 316 g/mol. The third-order valence-corrected chi connectivity index (χ3v) is 3.53. The Kier molecular flexibility index (Phi) is 5.51. The predicted octanol–water partition coefficient (Wildman–Crippen LogP) is 2.88. The minimum atomic E-state index is -0.908. The zero-order valence-electron chi connectivity index (χ0n) is 13.2. The Bertz CT molecular complexity index is 679. The number of amides is 1. The Balaban J connectivity index is 2.08. The molecule has 122 valence electrons. The van der Waals surface area contributed by atoms with Crippen molar-refractivity contribution in [1.29, 1.82) is 0 Å². The first-order valence-electron chi connectivity index (χ1n) is 7.56. The summed E-state index contributed by atoms with van der Waals surface area (Å²) in [6.45, 7) is 3.65. The van der Waals surface area contributed by atoms with E-state index in [-0.39, 0.29) is 12.2 Å². The summed E-state index contributed by atoms with van der Waals surface area (Å²) >= 11 is 0. The van der Waals surface area contributed by atoms with Gasteiger partial charge in [0.05, 0.1) is 5.92 Å². The van der Waals surface area contributed by atoms with Gasteiger partial charge in [-0.1, -0.05) is 31.5 Å². The molecule has 2 rings (SSSR count). The van der Waals surface area contributed by atoms with Crippen molar-refractivity contribution in [2.45, 2.75) is 26.7 Å². The molecule has 2 aromatic rings. The van der Waals surface area contributed by atoms with Crippen LogP contribution in [-0.2, 0) is 4.79 Å². The van der Waals surface area contributed by atoms with Gasteiger partial charge in [0.25, 0.3) is 5.91 Å². The topological polar surface area (TPSA) is 92.4 Å². The summed E-state index contributed by atoms with van der Waals surface area (Å²) in [5.41, 5.74) is 0.966. The zero-order chi connectivity index (χ0) is 16.8. The first-order chi connectivity index (χ1) is 11.0. The van der Waals surface area contributed by atoms with Crippen LogP contribution in [0.15, 0.2) is 34.7 Å². The van der Waals surface area contributed by atoms with E-state index >= 15 is 0 Å². The van der Waals surface area contributed by atoms with Gasteiger partial charge >= 0.3 is 5.97 Å². The number of carboxylic acid groups (broad SMARTS) is 1. The van der Waals surface area contributed by atoms with Crippen molar-refractivity contribution < 1.29 is 19.1 Å². The second kappa shape index (κ2) is 7.58. The molecule has 0 aliphatic carbocycles. The van der Waals surface area contributed by atoms with Gasteiger partial charge in [0.2, 0.25) is 5.89 Å². The molecular formula is C17H20N2O4. The van der Waals surface area contributed by atoms with Crippen LogP contribution in [0.5, 0.6) is 0 Å². The number of nitrogens with zero attached hydrogens (tertiary/aromatic N) is 1. The predicted molar refractivity (Wildman–Crippen MR) is 85.0 cm³/mol. The Labute approximate surface area is 134 Å². The molecule has 0 saturated heterocycles. The van der Waals surface area contributed by atoms with Gasteiger partial charge in [0.1, 0.15) is 5.76 Å². The van der Waals surface area contributed by atoms with Crippen LogP contribution in [0.2, 0.25) is 0 Å². The number of aliphatic carboxylic acids is 1. The molecule has 23 heavy (non-hydrogen) atoms. The van der Waals surface area contributed by atoms with E-state index in [0.29, 0.717) is 18.1 Å². The van der Waals surface area contributed by atoms with E-state index in [2.05, 4.69) is 10.3 Å². The molecule has 0 saturated carbocycles. The normalized spacial score (nSPS) is 11.9. The number of aromatic nitrogens is 1. The molecule has 1 heterocycles. The second-order valence-corrected chi connectivity index (χ2v) is 5.32. The number of rotatable bonds is 7. The zero-order valence-corrected chi connectivity index (χ0v) is 13.2. The van der Waals surface area contributed by atoms with Crippen molar-refractivity contribution in [3.05, 3.63) is 41.8 Å². The lowest BCUT2D eigenvalue weighted by Gasteiger charge is -2.11. The largest absolute Gasteiger partial charge is 0.481 e. The molecule has 1 atom stereocenters. The summed E-state index contributed by atoms with van der Waals surface area (Å²) in [5.74, 6) is -1.14. The third kappa shape index (κ3) is 4.18. The fourth-order valence-corrected chi connectivity index (χ4v) is 2.27. The lowest BCUT2D eigenvalue weighted by molar-refractivity contribution is -0.141. The Morgan fingerprint density at radius 1 is 1.30 bits per heavy atom. The van der Waals surface area contributed by atoms with Crippen molar-refractivity contribution in [1.82, 2.24) is 10.3 Å². The van der Waals surface area contributed by atoms with Crippen LogP contribution in [0.25, 0.3) is 11.5 Å². The molecule has 0 fully saturated rings. The van der Waals surface area contributed by atoms with Crippen LogP contribution in [0.3, 0.4) is 0 Å². The molecule has 1 unspecified atom stereocenters. The van der Waals surface area contributed by atoms with E-state index in [1.165, 1.54) is 0 Å². The fraction of sp³-hybridized carbons (Fsp3) is 0.353. The minimum absolute atomic E-state index is 0.0784. The molecular weight excluding hydrogens is 296 g/mol. The molecule has 0 spiro atoms. The third-order valence-electron chi connectivity index (χ3n) is 3.53. The SMILES string of the molecule is CCCC(CNC(=O)c1nc(-c2ccccc2)oc1C)C(=O)O. The number of carbonyl (C=O) groups excluding carboxylic acids is 1. The van der Waals surface area contributed by atoms with Crippen LogP contribution >= 0.6 is 0 Å². The van der Waals surface area contributed by atoms with Crippen LogP contribution in [0.1, 0.15) is 36.0 Å². The van der Waals surface area contributed by atoms with E-state index < -0.39 is 17.8 Å². The quantitative estimate of drug-likeness (QED) is 0.819.